The zero-order chi connectivity index (χ0) is 15.9. The van der Waals surface area contributed by atoms with Gasteiger partial charge in [0.15, 0.2) is 0 Å². The first-order valence-corrected chi connectivity index (χ1v) is 8.53. The summed E-state index contributed by atoms with van der Waals surface area (Å²) in [5.41, 5.74) is -0.716. The highest BCUT2D eigenvalue weighted by atomic mass is 16.5. The zero-order valence-electron chi connectivity index (χ0n) is 14.3. The number of hydrogen-bond acceptors (Lipinski definition) is 4. The molecule has 1 fully saturated rings. The summed E-state index contributed by atoms with van der Waals surface area (Å²) in [7, 11) is 0. The minimum absolute atomic E-state index is 0.303. The molecule has 0 aromatic carbocycles. The molecule has 1 saturated carbocycles. The molecule has 1 aliphatic carbocycles. The van der Waals surface area contributed by atoms with Crippen LogP contribution in [-0.4, -0.2) is 47.7 Å². The molecule has 3 N–H and O–H groups in total. The summed E-state index contributed by atoms with van der Waals surface area (Å²) >= 11 is 0. The lowest BCUT2D eigenvalue weighted by molar-refractivity contribution is -0.0466. The Kier molecular flexibility index (Phi) is 8.17. The number of aliphatic hydroxyl groups excluding tert-OH is 1. The normalized spacial score (nSPS) is 27.6. The van der Waals surface area contributed by atoms with E-state index < -0.39 is 11.7 Å². The van der Waals surface area contributed by atoms with Crippen molar-refractivity contribution in [2.75, 3.05) is 19.7 Å². The predicted molar refractivity (Wildman–Crippen MR) is 86.3 cm³/mol. The molecular weight excluding hydrogens is 266 g/mol. The maximum Gasteiger partial charge on any atom is 0.0897 e. The summed E-state index contributed by atoms with van der Waals surface area (Å²) in [4.78, 5) is 0. The molecule has 0 aromatic rings. The van der Waals surface area contributed by atoms with Gasteiger partial charge in [0.25, 0.3) is 0 Å². The van der Waals surface area contributed by atoms with E-state index in [2.05, 4.69) is 26.1 Å². The summed E-state index contributed by atoms with van der Waals surface area (Å²) < 4.78 is 5.85. The standard InChI is InChI=1S/C17H35NO3/c1-13(2)9-17(4,20)12-18-10-15(19)11-21-16-8-6-5-7-14(16)3/h13-16,18-20H,5-12H2,1-4H3. The highest BCUT2D eigenvalue weighted by Crippen LogP contribution is 2.26. The van der Waals surface area contributed by atoms with E-state index in [4.69, 9.17) is 4.74 Å². The van der Waals surface area contributed by atoms with Gasteiger partial charge in [-0.15, -0.1) is 0 Å². The number of rotatable bonds is 9. The van der Waals surface area contributed by atoms with Gasteiger partial charge in [-0.25, -0.2) is 0 Å². The SMILES string of the molecule is CC(C)CC(C)(O)CNCC(O)COC1CCCCC1C. The third kappa shape index (κ3) is 8.15. The van der Waals surface area contributed by atoms with Crippen molar-refractivity contribution in [2.24, 2.45) is 11.8 Å². The van der Waals surface area contributed by atoms with E-state index in [1.54, 1.807) is 0 Å². The van der Waals surface area contributed by atoms with Crippen LogP contribution in [-0.2, 0) is 4.74 Å². The van der Waals surface area contributed by atoms with Gasteiger partial charge in [0.2, 0.25) is 0 Å². The van der Waals surface area contributed by atoms with Crippen molar-refractivity contribution >= 4 is 0 Å². The van der Waals surface area contributed by atoms with Gasteiger partial charge in [-0.1, -0.05) is 33.6 Å². The summed E-state index contributed by atoms with van der Waals surface area (Å²) in [6.07, 6.45) is 5.44. The van der Waals surface area contributed by atoms with Crippen LogP contribution >= 0.6 is 0 Å². The van der Waals surface area contributed by atoms with Crippen LogP contribution in [0.4, 0.5) is 0 Å². The van der Waals surface area contributed by atoms with Crippen LogP contribution in [0.3, 0.4) is 0 Å². The lowest BCUT2D eigenvalue weighted by atomic mass is 9.88. The summed E-state index contributed by atoms with van der Waals surface area (Å²) in [5.74, 6) is 1.06. The number of hydrogen-bond donors (Lipinski definition) is 3. The van der Waals surface area contributed by atoms with E-state index in [-0.39, 0.29) is 0 Å². The Hall–Kier alpha value is -0.160. The fraction of sp³-hybridized carbons (Fsp3) is 1.00. The fourth-order valence-corrected chi connectivity index (χ4v) is 3.28. The van der Waals surface area contributed by atoms with Crippen molar-refractivity contribution in [3.8, 4) is 0 Å². The molecule has 4 nitrogen and oxygen atoms in total. The van der Waals surface area contributed by atoms with Crippen molar-refractivity contribution < 1.29 is 14.9 Å². The van der Waals surface area contributed by atoms with Crippen LogP contribution in [0.2, 0.25) is 0 Å². The van der Waals surface area contributed by atoms with Gasteiger partial charge < -0.3 is 20.3 Å². The van der Waals surface area contributed by atoms with Crippen molar-refractivity contribution in [1.29, 1.82) is 0 Å². The van der Waals surface area contributed by atoms with Gasteiger partial charge in [-0.2, -0.15) is 0 Å². The highest BCUT2D eigenvalue weighted by Gasteiger charge is 2.24. The first-order chi connectivity index (χ1) is 9.80. The van der Waals surface area contributed by atoms with Crippen molar-refractivity contribution in [2.45, 2.75) is 77.6 Å². The van der Waals surface area contributed by atoms with E-state index >= 15 is 0 Å². The summed E-state index contributed by atoms with van der Waals surface area (Å²) in [6, 6.07) is 0. The van der Waals surface area contributed by atoms with Gasteiger partial charge in [0, 0.05) is 13.1 Å². The molecular formula is C17H35NO3. The highest BCUT2D eigenvalue weighted by molar-refractivity contribution is 4.78. The maximum absolute atomic E-state index is 10.2. The second-order valence-corrected chi connectivity index (χ2v) is 7.51. The van der Waals surface area contributed by atoms with Gasteiger partial charge in [0.1, 0.15) is 0 Å². The molecule has 126 valence electrons. The van der Waals surface area contributed by atoms with E-state index in [0.29, 0.717) is 37.6 Å². The molecule has 1 rings (SSSR count). The third-order valence-corrected chi connectivity index (χ3v) is 4.27. The molecule has 0 heterocycles. The average molecular weight is 301 g/mol. The van der Waals surface area contributed by atoms with Crippen LogP contribution in [0, 0.1) is 11.8 Å². The quantitative estimate of drug-likeness (QED) is 0.612. The van der Waals surface area contributed by atoms with Crippen molar-refractivity contribution in [3.05, 3.63) is 0 Å². The van der Waals surface area contributed by atoms with Crippen molar-refractivity contribution in [3.63, 3.8) is 0 Å². The van der Waals surface area contributed by atoms with E-state index in [0.717, 1.165) is 12.8 Å². The third-order valence-electron chi connectivity index (χ3n) is 4.27. The second-order valence-electron chi connectivity index (χ2n) is 7.51. The Balaban J connectivity index is 2.14. The van der Waals surface area contributed by atoms with Crippen LogP contribution < -0.4 is 5.32 Å². The fourth-order valence-electron chi connectivity index (χ4n) is 3.28. The Morgan fingerprint density at radius 3 is 2.57 bits per heavy atom. The van der Waals surface area contributed by atoms with Crippen LogP contribution in [0.1, 0.15) is 59.8 Å². The molecule has 0 spiro atoms. The molecule has 1 aliphatic rings. The first-order valence-electron chi connectivity index (χ1n) is 8.53. The largest absolute Gasteiger partial charge is 0.389 e. The summed E-state index contributed by atoms with van der Waals surface area (Å²) in [5, 5.41) is 23.3. The topological polar surface area (TPSA) is 61.7 Å². The van der Waals surface area contributed by atoms with Gasteiger partial charge in [-0.05, 0) is 38.0 Å². The molecule has 0 bridgehead atoms. The van der Waals surface area contributed by atoms with Crippen LogP contribution in [0.5, 0.6) is 0 Å². The lowest BCUT2D eigenvalue weighted by Gasteiger charge is -2.30. The van der Waals surface area contributed by atoms with Crippen LogP contribution in [0.25, 0.3) is 0 Å². The second kappa shape index (κ2) is 9.09. The first kappa shape index (κ1) is 18.9. The Bertz CT molecular complexity index is 281. The van der Waals surface area contributed by atoms with Crippen LogP contribution in [0.15, 0.2) is 0 Å². The smallest absolute Gasteiger partial charge is 0.0897 e. The molecule has 4 unspecified atom stereocenters. The Morgan fingerprint density at radius 2 is 1.95 bits per heavy atom. The van der Waals surface area contributed by atoms with E-state index in [9.17, 15) is 10.2 Å². The molecule has 21 heavy (non-hydrogen) atoms. The molecule has 0 radical (unpaired) electrons. The molecule has 0 saturated heterocycles. The minimum Gasteiger partial charge on any atom is -0.389 e. The maximum atomic E-state index is 10.2. The predicted octanol–water partition coefficient (Wildman–Crippen LogP) is 2.33. The minimum atomic E-state index is -0.716. The number of aliphatic hydroxyl groups is 2. The molecule has 4 atom stereocenters. The number of ether oxygens (including phenoxy) is 1. The zero-order valence-corrected chi connectivity index (χ0v) is 14.3. The van der Waals surface area contributed by atoms with Gasteiger partial charge in [0.05, 0.1) is 24.4 Å². The Morgan fingerprint density at radius 1 is 1.29 bits per heavy atom. The summed E-state index contributed by atoms with van der Waals surface area (Å²) in [6.45, 7) is 9.63. The van der Waals surface area contributed by atoms with E-state index in [1.807, 2.05) is 6.92 Å². The van der Waals surface area contributed by atoms with Gasteiger partial charge in [-0.3, -0.25) is 0 Å². The molecule has 0 aliphatic heterocycles. The van der Waals surface area contributed by atoms with Gasteiger partial charge >= 0.3 is 0 Å². The monoisotopic (exact) mass is 301 g/mol. The number of nitrogens with one attached hydrogen (secondary N) is 1. The molecule has 4 heteroatoms. The molecule has 0 amide bonds. The molecule has 0 aromatic heterocycles. The van der Waals surface area contributed by atoms with Crippen molar-refractivity contribution in [1.82, 2.24) is 5.32 Å². The Labute approximate surface area is 130 Å². The van der Waals surface area contributed by atoms with E-state index in [1.165, 1.54) is 19.3 Å². The lowest BCUT2D eigenvalue weighted by Crippen LogP contribution is -2.42. The average Bonchev–Trinajstić information content (AvgIpc) is 2.36.